The first kappa shape index (κ1) is 11.8. The molecule has 1 aliphatic rings. The lowest BCUT2D eigenvalue weighted by Gasteiger charge is -2.41. The Bertz CT molecular complexity index is 207. The highest BCUT2D eigenvalue weighted by atomic mass is 19.3. The van der Waals surface area contributed by atoms with Crippen molar-refractivity contribution < 1.29 is 19.0 Å². The molecule has 0 aromatic heterocycles. The molecule has 0 radical (unpaired) electrons. The SMILES string of the molecule is CC(C)CN1CCC(O)(O)C(F)(F)C1. The maximum Gasteiger partial charge on any atom is 0.312 e. The molecule has 3 nitrogen and oxygen atoms in total. The Balaban J connectivity index is 2.59. The summed E-state index contributed by atoms with van der Waals surface area (Å²) in [5.41, 5.74) is 0. The minimum absolute atomic E-state index is 0.299. The third-order valence-electron chi connectivity index (χ3n) is 2.41. The van der Waals surface area contributed by atoms with Crippen molar-refractivity contribution in [1.82, 2.24) is 4.90 Å². The Morgan fingerprint density at radius 1 is 1.36 bits per heavy atom. The van der Waals surface area contributed by atoms with Crippen LogP contribution < -0.4 is 0 Å². The van der Waals surface area contributed by atoms with E-state index in [9.17, 15) is 8.78 Å². The van der Waals surface area contributed by atoms with E-state index in [1.807, 2.05) is 13.8 Å². The van der Waals surface area contributed by atoms with Crippen LogP contribution in [-0.2, 0) is 0 Å². The van der Waals surface area contributed by atoms with E-state index >= 15 is 0 Å². The molecule has 1 heterocycles. The van der Waals surface area contributed by atoms with Gasteiger partial charge < -0.3 is 10.2 Å². The fourth-order valence-electron chi connectivity index (χ4n) is 1.66. The highest BCUT2D eigenvalue weighted by molar-refractivity contribution is 4.91. The van der Waals surface area contributed by atoms with Crippen molar-refractivity contribution in [2.75, 3.05) is 19.6 Å². The topological polar surface area (TPSA) is 43.7 Å². The summed E-state index contributed by atoms with van der Waals surface area (Å²) in [6.45, 7) is 4.18. The smallest absolute Gasteiger partial charge is 0.312 e. The molecule has 1 rings (SSSR count). The predicted molar refractivity (Wildman–Crippen MR) is 48.0 cm³/mol. The first-order valence-corrected chi connectivity index (χ1v) is 4.79. The van der Waals surface area contributed by atoms with Gasteiger partial charge in [0.25, 0.3) is 0 Å². The molecule has 1 aliphatic heterocycles. The fraction of sp³-hybridized carbons (Fsp3) is 1.00. The molecule has 0 spiro atoms. The highest BCUT2D eigenvalue weighted by Gasteiger charge is 2.55. The van der Waals surface area contributed by atoms with Crippen molar-refractivity contribution in [1.29, 1.82) is 0 Å². The van der Waals surface area contributed by atoms with Crippen molar-refractivity contribution in [3.63, 3.8) is 0 Å². The monoisotopic (exact) mass is 209 g/mol. The van der Waals surface area contributed by atoms with Crippen LogP contribution in [0.15, 0.2) is 0 Å². The van der Waals surface area contributed by atoms with Gasteiger partial charge in [-0.1, -0.05) is 13.8 Å². The van der Waals surface area contributed by atoms with Crippen LogP contribution in [0.2, 0.25) is 0 Å². The molecule has 1 saturated heterocycles. The van der Waals surface area contributed by atoms with Crippen LogP contribution in [-0.4, -0.2) is 46.5 Å². The van der Waals surface area contributed by atoms with Crippen LogP contribution >= 0.6 is 0 Å². The number of aliphatic hydroxyl groups is 2. The summed E-state index contributed by atoms with van der Waals surface area (Å²) in [6.07, 6.45) is -0.299. The van der Waals surface area contributed by atoms with E-state index in [1.54, 1.807) is 4.90 Å². The lowest BCUT2D eigenvalue weighted by atomic mass is 9.99. The summed E-state index contributed by atoms with van der Waals surface area (Å²) in [5, 5.41) is 18.1. The standard InChI is InChI=1S/C9H17F2NO2/c1-7(2)5-12-4-3-9(13,14)8(10,11)6-12/h7,13-14H,3-6H2,1-2H3. The molecule has 5 heteroatoms. The molecule has 1 fully saturated rings. The average Bonchev–Trinajstić information content (AvgIpc) is 1.96. The van der Waals surface area contributed by atoms with Gasteiger partial charge in [0.05, 0.1) is 6.54 Å². The van der Waals surface area contributed by atoms with Crippen molar-refractivity contribution in [3.8, 4) is 0 Å². The quantitative estimate of drug-likeness (QED) is 0.657. The second-order valence-corrected chi connectivity index (χ2v) is 4.40. The molecule has 0 saturated carbocycles. The van der Waals surface area contributed by atoms with Gasteiger partial charge in [-0.25, -0.2) is 0 Å². The molecular formula is C9H17F2NO2. The number of alkyl halides is 2. The van der Waals surface area contributed by atoms with Crippen molar-refractivity contribution in [2.24, 2.45) is 5.92 Å². The zero-order chi connectivity index (χ0) is 11.0. The number of nitrogens with zero attached hydrogens (tertiary/aromatic N) is 1. The zero-order valence-electron chi connectivity index (χ0n) is 8.50. The maximum atomic E-state index is 13.1. The van der Waals surface area contributed by atoms with Crippen LogP contribution in [0.3, 0.4) is 0 Å². The van der Waals surface area contributed by atoms with Gasteiger partial charge >= 0.3 is 5.92 Å². The molecule has 0 aromatic rings. The third-order valence-corrected chi connectivity index (χ3v) is 2.41. The Morgan fingerprint density at radius 3 is 2.36 bits per heavy atom. The molecule has 0 aliphatic carbocycles. The van der Waals surface area contributed by atoms with E-state index in [0.29, 0.717) is 19.0 Å². The number of hydrogen-bond acceptors (Lipinski definition) is 3. The average molecular weight is 209 g/mol. The number of hydrogen-bond donors (Lipinski definition) is 2. The summed E-state index contributed by atoms with van der Waals surface area (Å²) in [4.78, 5) is 1.56. The van der Waals surface area contributed by atoms with Crippen molar-refractivity contribution >= 4 is 0 Å². The van der Waals surface area contributed by atoms with Crippen LogP contribution in [0.1, 0.15) is 20.3 Å². The predicted octanol–water partition coefficient (Wildman–Crippen LogP) is 0.664. The van der Waals surface area contributed by atoms with Gasteiger partial charge in [-0.05, 0) is 5.92 Å². The Hall–Kier alpha value is -0.260. The minimum atomic E-state index is -3.43. The third kappa shape index (κ3) is 2.40. The number of halogens is 2. The normalized spacial score (nSPS) is 26.8. The maximum absolute atomic E-state index is 13.1. The van der Waals surface area contributed by atoms with E-state index in [0.717, 1.165) is 0 Å². The highest BCUT2D eigenvalue weighted by Crippen LogP contribution is 2.34. The van der Waals surface area contributed by atoms with Crippen LogP contribution in [0.4, 0.5) is 8.78 Å². The van der Waals surface area contributed by atoms with Gasteiger partial charge in [-0.3, -0.25) is 4.90 Å². The second-order valence-electron chi connectivity index (χ2n) is 4.40. The van der Waals surface area contributed by atoms with Gasteiger partial charge in [0, 0.05) is 19.5 Å². The summed E-state index contributed by atoms with van der Waals surface area (Å²) < 4.78 is 26.3. The van der Waals surface area contributed by atoms with Crippen LogP contribution in [0.5, 0.6) is 0 Å². The van der Waals surface area contributed by atoms with E-state index in [4.69, 9.17) is 10.2 Å². The summed E-state index contributed by atoms with van der Waals surface area (Å²) >= 11 is 0. The van der Waals surface area contributed by atoms with E-state index in [2.05, 4.69) is 0 Å². The fourth-order valence-corrected chi connectivity index (χ4v) is 1.66. The van der Waals surface area contributed by atoms with E-state index < -0.39 is 18.3 Å². The number of likely N-dealkylation sites (tertiary alicyclic amines) is 1. The second kappa shape index (κ2) is 3.72. The lowest BCUT2D eigenvalue weighted by Crippen LogP contribution is -2.60. The molecule has 2 N–H and O–H groups in total. The summed E-state index contributed by atoms with van der Waals surface area (Å²) in [7, 11) is 0. The largest absolute Gasteiger partial charge is 0.361 e. The van der Waals surface area contributed by atoms with Gasteiger partial charge in [0.2, 0.25) is 5.79 Å². The van der Waals surface area contributed by atoms with Gasteiger partial charge in [-0.15, -0.1) is 0 Å². The van der Waals surface area contributed by atoms with Crippen LogP contribution in [0, 0.1) is 5.92 Å². The Morgan fingerprint density at radius 2 is 1.93 bits per heavy atom. The lowest BCUT2D eigenvalue weighted by molar-refractivity contribution is -0.318. The molecule has 14 heavy (non-hydrogen) atoms. The molecule has 0 bridgehead atoms. The summed E-state index contributed by atoms with van der Waals surface area (Å²) in [6, 6.07) is 0. The van der Waals surface area contributed by atoms with Crippen molar-refractivity contribution in [3.05, 3.63) is 0 Å². The van der Waals surface area contributed by atoms with Gasteiger partial charge in [-0.2, -0.15) is 8.78 Å². The first-order valence-electron chi connectivity index (χ1n) is 4.79. The molecule has 0 atom stereocenters. The van der Waals surface area contributed by atoms with E-state index in [1.165, 1.54) is 0 Å². The Labute approximate surface area is 82.3 Å². The molecular weight excluding hydrogens is 192 g/mol. The Kier molecular flexibility index (Phi) is 3.13. The molecule has 0 amide bonds. The molecule has 0 unspecified atom stereocenters. The number of rotatable bonds is 2. The summed E-state index contributed by atoms with van der Waals surface area (Å²) in [5.74, 6) is -5.96. The van der Waals surface area contributed by atoms with Gasteiger partial charge in [0.1, 0.15) is 0 Å². The van der Waals surface area contributed by atoms with E-state index in [-0.39, 0.29) is 6.42 Å². The number of piperidine rings is 1. The zero-order valence-corrected chi connectivity index (χ0v) is 8.50. The van der Waals surface area contributed by atoms with Gasteiger partial charge in [0.15, 0.2) is 0 Å². The van der Waals surface area contributed by atoms with Crippen LogP contribution in [0.25, 0.3) is 0 Å². The first-order chi connectivity index (χ1) is 6.24. The minimum Gasteiger partial charge on any atom is -0.361 e. The molecule has 84 valence electrons. The van der Waals surface area contributed by atoms with Crippen molar-refractivity contribution in [2.45, 2.75) is 32.0 Å². The molecule has 0 aromatic carbocycles.